The lowest BCUT2D eigenvalue weighted by Crippen LogP contribution is -2.26. The van der Waals surface area contributed by atoms with Crippen LogP contribution in [0.5, 0.6) is 0 Å². The Labute approximate surface area is 110 Å². The molecule has 100 valence electrons. The van der Waals surface area contributed by atoms with Crippen LogP contribution in [0.15, 0.2) is 35.5 Å². The van der Waals surface area contributed by atoms with Gasteiger partial charge < -0.3 is 10.0 Å². The summed E-state index contributed by atoms with van der Waals surface area (Å²) < 4.78 is 12.8. The summed E-state index contributed by atoms with van der Waals surface area (Å²) in [6, 6.07) is 6.05. The maximum atomic E-state index is 12.8. The van der Waals surface area contributed by atoms with E-state index in [2.05, 4.69) is 0 Å². The van der Waals surface area contributed by atoms with E-state index in [1.807, 2.05) is 0 Å². The first kappa shape index (κ1) is 13.3. The average Bonchev–Trinajstić information content (AvgIpc) is 2.65. The maximum absolute atomic E-state index is 12.8. The van der Waals surface area contributed by atoms with Crippen LogP contribution in [0.4, 0.5) is 4.39 Å². The quantitative estimate of drug-likeness (QED) is 0.903. The van der Waals surface area contributed by atoms with Crippen molar-refractivity contribution in [3.63, 3.8) is 0 Å². The Hall–Kier alpha value is -2.17. The fourth-order valence-corrected chi connectivity index (χ4v) is 2.14. The van der Waals surface area contributed by atoms with Crippen molar-refractivity contribution in [3.8, 4) is 0 Å². The number of halogens is 1. The van der Waals surface area contributed by atoms with Gasteiger partial charge in [-0.2, -0.15) is 0 Å². The number of hydrogen-bond acceptors (Lipinski definition) is 2. The molecule has 0 aliphatic carbocycles. The predicted octanol–water partition coefficient (Wildman–Crippen LogP) is 1.96. The molecule has 1 aliphatic heterocycles. The fraction of sp³-hybridized carbons (Fsp3) is 0.286. The molecule has 1 aromatic rings. The first-order chi connectivity index (χ1) is 8.99. The second-order valence-electron chi connectivity index (χ2n) is 4.47. The molecule has 0 saturated heterocycles. The van der Waals surface area contributed by atoms with Crippen molar-refractivity contribution in [2.45, 2.75) is 19.8 Å². The SMILES string of the molecule is CC1=C(C(=O)O)CC(=O)N1CCc1ccc(F)cc1. The molecular weight excluding hydrogens is 249 g/mol. The molecule has 5 heteroatoms. The number of allylic oxidation sites excluding steroid dienone is 1. The Morgan fingerprint density at radius 2 is 2.00 bits per heavy atom. The smallest absolute Gasteiger partial charge is 0.333 e. The first-order valence-corrected chi connectivity index (χ1v) is 5.97. The van der Waals surface area contributed by atoms with Crippen LogP contribution < -0.4 is 0 Å². The van der Waals surface area contributed by atoms with Crippen LogP contribution in [-0.4, -0.2) is 28.4 Å². The van der Waals surface area contributed by atoms with Crippen molar-refractivity contribution in [1.82, 2.24) is 4.90 Å². The molecule has 1 heterocycles. The minimum Gasteiger partial charge on any atom is -0.478 e. The Bertz CT molecular complexity index is 548. The topological polar surface area (TPSA) is 57.6 Å². The van der Waals surface area contributed by atoms with Gasteiger partial charge in [0.1, 0.15) is 5.82 Å². The number of aliphatic carboxylic acids is 1. The summed E-state index contributed by atoms with van der Waals surface area (Å²) in [7, 11) is 0. The Balaban J connectivity index is 2.05. The molecule has 0 unspecified atom stereocenters. The number of carboxylic acids is 1. The highest BCUT2D eigenvalue weighted by Crippen LogP contribution is 2.24. The molecule has 0 saturated carbocycles. The molecule has 1 aliphatic rings. The van der Waals surface area contributed by atoms with Crippen LogP contribution in [-0.2, 0) is 16.0 Å². The summed E-state index contributed by atoms with van der Waals surface area (Å²) in [6.07, 6.45) is 0.515. The molecule has 4 nitrogen and oxygen atoms in total. The second kappa shape index (κ2) is 5.22. The van der Waals surface area contributed by atoms with Gasteiger partial charge in [0.2, 0.25) is 5.91 Å². The molecule has 19 heavy (non-hydrogen) atoms. The van der Waals surface area contributed by atoms with E-state index in [0.29, 0.717) is 18.7 Å². The fourth-order valence-electron chi connectivity index (χ4n) is 2.14. The Morgan fingerprint density at radius 3 is 2.53 bits per heavy atom. The van der Waals surface area contributed by atoms with Crippen LogP contribution in [0.2, 0.25) is 0 Å². The number of nitrogens with zero attached hydrogens (tertiary/aromatic N) is 1. The Morgan fingerprint density at radius 1 is 1.37 bits per heavy atom. The maximum Gasteiger partial charge on any atom is 0.333 e. The third kappa shape index (κ3) is 2.81. The number of benzene rings is 1. The van der Waals surface area contributed by atoms with E-state index in [1.165, 1.54) is 17.0 Å². The van der Waals surface area contributed by atoms with Crippen LogP contribution in [0.25, 0.3) is 0 Å². The highest BCUT2D eigenvalue weighted by Gasteiger charge is 2.30. The molecule has 1 amide bonds. The minimum atomic E-state index is -1.05. The third-order valence-corrected chi connectivity index (χ3v) is 3.27. The molecule has 0 atom stereocenters. The van der Waals surface area contributed by atoms with Gasteiger partial charge in [-0.15, -0.1) is 0 Å². The van der Waals surface area contributed by atoms with Gasteiger partial charge in [-0.3, -0.25) is 4.79 Å². The molecule has 0 aromatic heterocycles. The van der Waals surface area contributed by atoms with Gasteiger partial charge in [0, 0.05) is 12.2 Å². The van der Waals surface area contributed by atoms with Crippen molar-refractivity contribution in [2.75, 3.05) is 6.54 Å². The summed E-state index contributed by atoms with van der Waals surface area (Å²) >= 11 is 0. The third-order valence-electron chi connectivity index (χ3n) is 3.27. The standard InChI is InChI=1S/C14H14FNO3/c1-9-12(14(18)19)8-13(17)16(9)7-6-10-2-4-11(15)5-3-10/h2-5H,6-8H2,1H3,(H,18,19). The summed E-state index contributed by atoms with van der Waals surface area (Å²) in [5, 5.41) is 8.96. The van der Waals surface area contributed by atoms with Crippen molar-refractivity contribution in [1.29, 1.82) is 0 Å². The van der Waals surface area contributed by atoms with Gasteiger partial charge in [0.05, 0.1) is 12.0 Å². The van der Waals surface area contributed by atoms with Gasteiger partial charge in [0.15, 0.2) is 0 Å². The minimum absolute atomic E-state index is 0.0510. The number of amides is 1. The van der Waals surface area contributed by atoms with Crippen LogP contribution in [0.1, 0.15) is 18.9 Å². The van der Waals surface area contributed by atoms with E-state index in [-0.39, 0.29) is 23.7 Å². The highest BCUT2D eigenvalue weighted by molar-refractivity contribution is 5.99. The molecule has 0 radical (unpaired) electrons. The van der Waals surface area contributed by atoms with Gasteiger partial charge in [-0.25, -0.2) is 9.18 Å². The zero-order valence-electron chi connectivity index (χ0n) is 10.5. The lowest BCUT2D eigenvalue weighted by atomic mass is 10.1. The van der Waals surface area contributed by atoms with E-state index >= 15 is 0 Å². The lowest BCUT2D eigenvalue weighted by molar-refractivity contribution is -0.134. The van der Waals surface area contributed by atoms with E-state index < -0.39 is 5.97 Å². The summed E-state index contributed by atoms with van der Waals surface area (Å²) in [4.78, 5) is 24.2. The molecule has 0 fully saturated rings. The zero-order valence-corrected chi connectivity index (χ0v) is 10.5. The second-order valence-corrected chi connectivity index (χ2v) is 4.47. The summed E-state index contributed by atoms with van der Waals surface area (Å²) in [6.45, 7) is 2.05. The van der Waals surface area contributed by atoms with Crippen molar-refractivity contribution >= 4 is 11.9 Å². The van der Waals surface area contributed by atoms with Gasteiger partial charge in [-0.05, 0) is 31.0 Å². The van der Waals surface area contributed by atoms with E-state index in [9.17, 15) is 14.0 Å². The van der Waals surface area contributed by atoms with Crippen LogP contribution >= 0.6 is 0 Å². The average molecular weight is 263 g/mol. The molecule has 1 N–H and O–H groups in total. The van der Waals surface area contributed by atoms with Crippen LogP contribution in [0.3, 0.4) is 0 Å². The number of carbonyl (C=O) groups is 2. The highest BCUT2D eigenvalue weighted by atomic mass is 19.1. The summed E-state index contributed by atoms with van der Waals surface area (Å²) in [5.74, 6) is -1.54. The van der Waals surface area contributed by atoms with Crippen molar-refractivity contribution < 1.29 is 19.1 Å². The first-order valence-electron chi connectivity index (χ1n) is 5.97. The zero-order chi connectivity index (χ0) is 14.0. The van der Waals surface area contributed by atoms with E-state index in [4.69, 9.17) is 5.11 Å². The van der Waals surface area contributed by atoms with Gasteiger partial charge in [0.25, 0.3) is 0 Å². The number of rotatable bonds is 4. The number of hydrogen-bond donors (Lipinski definition) is 1. The van der Waals surface area contributed by atoms with Gasteiger partial charge >= 0.3 is 5.97 Å². The van der Waals surface area contributed by atoms with E-state index in [0.717, 1.165) is 5.56 Å². The largest absolute Gasteiger partial charge is 0.478 e. The van der Waals surface area contributed by atoms with Crippen molar-refractivity contribution in [2.24, 2.45) is 0 Å². The number of carboxylic acid groups (broad SMARTS) is 1. The molecule has 0 bridgehead atoms. The number of carbonyl (C=O) groups excluding carboxylic acids is 1. The molecule has 2 rings (SSSR count). The lowest BCUT2D eigenvalue weighted by Gasteiger charge is -2.17. The Kier molecular flexibility index (Phi) is 3.64. The molecule has 1 aromatic carbocycles. The van der Waals surface area contributed by atoms with Crippen LogP contribution in [0, 0.1) is 5.82 Å². The van der Waals surface area contributed by atoms with Gasteiger partial charge in [-0.1, -0.05) is 12.1 Å². The molecule has 0 spiro atoms. The summed E-state index contributed by atoms with van der Waals surface area (Å²) in [5.41, 5.74) is 1.56. The predicted molar refractivity (Wildman–Crippen MR) is 66.8 cm³/mol. The normalized spacial score (nSPS) is 15.3. The van der Waals surface area contributed by atoms with Crippen molar-refractivity contribution in [3.05, 3.63) is 46.9 Å². The van der Waals surface area contributed by atoms with E-state index in [1.54, 1.807) is 19.1 Å². The molecular formula is C14H14FNO3. The monoisotopic (exact) mass is 263 g/mol.